The highest BCUT2D eigenvalue weighted by Crippen LogP contribution is 2.19. The van der Waals surface area contributed by atoms with Crippen molar-refractivity contribution in [2.24, 2.45) is 0 Å². The van der Waals surface area contributed by atoms with Crippen LogP contribution in [0.2, 0.25) is 0 Å². The van der Waals surface area contributed by atoms with E-state index in [1.54, 1.807) is 37.0 Å². The number of para-hydroxylation sites is 1. The van der Waals surface area contributed by atoms with Crippen LogP contribution in [0.25, 0.3) is 0 Å². The SMILES string of the molecule is CSc1ccc(NC(=O)N(C)Cc2ccccc2O)cc1. The Morgan fingerprint density at radius 1 is 1.19 bits per heavy atom. The lowest BCUT2D eigenvalue weighted by Gasteiger charge is -2.18. The second-order valence-corrected chi connectivity index (χ2v) is 5.52. The largest absolute Gasteiger partial charge is 0.508 e. The van der Waals surface area contributed by atoms with Gasteiger partial charge in [0.05, 0.1) is 6.54 Å². The van der Waals surface area contributed by atoms with Crippen LogP contribution in [0.15, 0.2) is 53.4 Å². The molecule has 5 heteroatoms. The third-order valence-electron chi connectivity index (χ3n) is 3.09. The molecule has 110 valence electrons. The van der Waals surface area contributed by atoms with Gasteiger partial charge in [0, 0.05) is 23.2 Å². The molecule has 2 aromatic rings. The minimum absolute atomic E-state index is 0.196. The predicted molar refractivity (Wildman–Crippen MR) is 86.8 cm³/mol. The number of rotatable bonds is 4. The van der Waals surface area contributed by atoms with E-state index in [9.17, 15) is 9.90 Å². The molecule has 0 radical (unpaired) electrons. The number of phenolic OH excluding ortho intramolecular Hbond substituents is 1. The Morgan fingerprint density at radius 2 is 1.86 bits per heavy atom. The van der Waals surface area contributed by atoms with E-state index in [0.29, 0.717) is 12.1 Å². The zero-order valence-corrected chi connectivity index (χ0v) is 12.9. The number of nitrogens with one attached hydrogen (secondary N) is 1. The average Bonchev–Trinajstić information content (AvgIpc) is 2.50. The summed E-state index contributed by atoms with van der Waals surface area (Å²) in [6, 6.07) is 14.5. The monoisotopic (exact) mass is 302 g/mol. The molecule has 2 aromatic carbocycles. The Morgan fingerprint density at radius 3 is 2.48 bits per heavy atom. The first kappa shape index (κ1) is 15.3. The van der Waals surface area contributed by atoms with Crippen molar-refractivity contribution < 1.29 is 9.90 Å². The zero-order valence-electron chi connectivity index (χ0n) is 12.0. The van der Waals surface area contributed by atoms with Crippen LogP contribution in [0.4, 0.5) is 10.5 Å². The van der Waals surface area contributed by atoms with Gasteiger partial charge in [-0.15, -0.1) is 11.8 Å². The van der Waals surface area contributed by atoms with Gasteiger partial charge in [0.2, 0.25) is 0 Å². The summed E-state index contributed by atoms with van der Waals surface area (Å²) < 4.78 is 0. The van der Waals surface area contributed by atoms with Gasteiger partial charge < -0.3 is 15.3 Å². The number of amides is 2. The molecule has 2 N–H and O–H groups in total. The van der Waals surface area contributed by atoms with Crippen molar-refractivity contribution >= 4 is 23.5 Å². The molecule has 0 saturated heterocycles. The lowest BCUT2D eigenvalue weighted by molar-refractivity contribution is 0.220. The number of anilines is 1. The molecule has 0 aliphatic carbocycles. The number of urea groups is 1. The van der Waals surface area contributed by atoms with E-state index in [4.69, 9.17) is 0 Å². The summed E-state index contributed by atoms with van der Waals surface area (Å²) in [7, 11) is 1.69. The fourth-order valence-corrected chi connectivity index (χ4v) is 2.27. The summed E-state index contributed by atoms with van der Waals surface area (Å²) in [6.45, 7) is 0.349. The Bertz CT molecular complexity index is 614. The van der Waals surface area contributed by atoms with Crippen molar-refractivity contribution in [3.8, 4) is 5.75 Å². The number of carbonyl (C=O) groups is 1. The van der Waals surface area contributed by atoms with Crippen LogP contribution in [0.3, 0.4) is 0 Å². The minimum Gasteiger partial charge on any atom is -0.508 e. The van der Waals surface area contributed by atoms with E-state index in [0.717, 1.165) is 10.6 Å². The van der Waals surface area contributed by atoms with Gasteiger partial charge in [-0.1, -0.05) is 18.2 Å². The van der Waals surface area contributed by atoms with Gasteiger partial charge in [-0.05, 0) is 36.6 Å². The van der Waals surface area contributed by atoms with Gasteiger partial charge in [0.25, 0.3) is 0 Å². The molecule has 0 aromatic heterocycles. The summed E-state index contributed by atoms with van der Waals surface area (Å²) in [4.78, 5) is 14.8. The lowest BCUT2D eigenvalue weighted by Crippen LogP contribution is -2.30. The standard InChI is InChI=1S/C16H18N2O2S/c1-18(11-12-5-3-4-6-15(12)19)16(20)17-13-7-9-14(21-2)10-8-13/h3-10,19H,11H2,1-2H3,(H,17,20). The van der Waals surface area contributed by atoms with E-state index < -0.39 is 0 Å². The molecule has 0 bridgehead atoms. The molecule has 0 saturated carbocycles. The highest BCUT2D eigenvalue weighted by atomic mass is 32.2. The second kappa shape index (κ2) is 7.04. The maximum Gasteiger partial charge on any atom is 0.321 e. The molecular weight excluding hydrogens is 284 g/mol. The molecule has 0 aliphatic heterocycles. The van der Waals surface area contributed by atoms with Crippen LogP contribution in [-0.4, -0.2) is 29.3 Å². The number of carbonyl (C=O) groups excluding carboxylic acids is 1. The van der Waals surface area contributed by atoms with E-state index in [1.165, 1.54) is 4.90 Å². The Hall–Kier alpha value is -2.14. The van der Waals surface area contributed by atoms with E-state index >= 15 is 0 Å². The predicted octanol–water partition coefficient (Wildman–Crippen LogP) is 3.78. The fraction of sp³-hybridized carbons (Fsp3) is 0.188. The highest BCUT2D eigenvalue weighted by molar-refractivity contribution is 7.98. The van der Waals surface area contributed by atoms with Crippen molar-refractivity contribution in [3.05, 3.63) is 54.1 Å². The number of hydrogen-bond acceptors (Lipinski definition) is 3. The molecule has 2 amide bonds. The van der Waals surface area contributed by atoms with Gasteiger partial charge in [-0.3, -0.25) is 0 Å². The van der Waals surface area contributed by atoms with Crippen molar-refractivity contribution in [1.82, 2.24) is 4.90 Å². The molecule has 0 heterocycles. The van der Waals surface area contributed by atoms with Crippen LogP contribution in [0.5, 0.6) is 5.75 Å². The first-order chi connectivity index (χ1) is 10.1. The Labute approximate surface area is 128 Å². The van der Waals surface area contributed by atoms with Crippen LogP contribution < -0.4 is 5.32 Å². The second-order valence-electron chi connectivity index (χ2n) is 4.64. The molecule has 0 aliphatic rings. The minimum atomic E-state index is -0.213. The normalized spacial score (nSPS) is 10.2. The van der Waals surface area contributed by atoms with Crippen LogP contribution in [-0.2, 0) is 6.54 Å². The number of nitrogens with zero attached hydrogens (tertiary/aromatic N) is 1. The summed E-state index contributed by atoms with van der Waals surface area (Å²) in [5, 5.41) is 12.6. The first-order valence-corrected chi connectivity index (χ1v) is 7.75. The summed E-state index contributed by atoms with van der Waals surface area (Å²) in [5.74, 6) is 0.196. The van der Waals surface area contributed by atoms with Crippen molar-refractivity contribution in [3.63, 3.8) is 0 Å². The van der Waals surface area contributed by atoms with Crippen LogP contribution in [0.1, 0.15) is 5.56 Å². The van der Waals surface area contributed by atoms with Gasteiger partial charge in [0.15, 0.2) is 0 Å². The van der Waals surface area contributed by atoms with Crippen molar-refractivity contribution in [2.45, 2.75) is 11.4 Å². The van der Waals surface area contributed by atoms with Gasteiger partial charge in [-0.2, -0.15) is 0 Å². The maximum absolute atomic E-state index is 12.1. The van der Waals surface area contributed by atoms with Crippen molar-refractivity contribution in [1.29, 1.82) is 0 Å². The third kappa shape index (κ3) is 4.16. The smallest absolute Gasteiger partial charge is 0.321 e. The first-order valence-electron chi connectivity index (χ1n) is 6.53. The molecule has 4 nitrogen and oxygen atoms in total. The number of phenols is 1. The van der Waals surface area contributed by atoms with Crippen LogP contribution >= 0.6 is 11.8 Å². The van der Waals surface area contributed by atoms with E-state index in [-0.39, 0.29) is 11.8 Å². The molecule has 0 unspecified atom stereocenters. The average molecular weight is 302 g/mol. The molecule has 21 heavy (non-hydrogen) atoms. The Balaban J connectivity index is 1.97. The zero-order chi connectivity index (χ0) is 15.2. The van der Waals surface area contributed by atoms with Crippen molar-refractivity contribution in [2.75, 3.05) is 18.6 Å². The fourth-order valence-electron chi connectivity index (χ4n) is 1.87. The van der Waals surface area contributed by atoms with E-state index in [1.807, 2.05) is 36.6 Å². The van der Waals surface area contributed by atoms with Gasteiger partial charge in [-0.25, -0.2) is 4.79 Å². The number of benzene rings is 2. The topological polar surface area (TPSA) is 52.6 Å². The molecule has 0 spiro atoms. The Kier molecular flexibility index (Phi) is 5.11. The van der Waals surface area contributed by atoms with Gasteiger partial charge in [0.1, 0.15) is 5.75 Å². The number of thioether (sulfide) groups is 1. The van der Waals surface area contributed by atoms with E-state index in [2.05, 4.69) is 5.32 Å². The molecule has 0 fully saturated rings. The van der Waals surface area contributed by atoms with Gasteiger partial charge >= 0.3 is 6.03 Å². The molecule has 2 rings (SSSR count). The summed E-state index contributed by atoms with van der Waals surface area (Å²) in [5.41, 5.74) is 1.47. The number of aromatic hydroxyl groups is 1. The lowest BCUT2D eigenvalue weighted by atomic mass is 10.2. The van der Waals surface area contributed by atoms with Crippen LogP contribution in [0, 0.1) is 0 Å². The molecular formula is C16H18N2O2S. The quantitative estimate of drug-likeness (QED) is 0.845. The summed E-state index contributed by atoms with van der Waals surface area (Å²) in [6.07, 6.45) is 2.01. The summed E-state index contributed by atoms with van der Waals surface area (Å²) >= 11 is 1.66. The third-order valence-corrected chi connectivity index (χ3v) is 3.83. The molecule has 0 atom stereocenters. The number of hydrogen-bond donors (Lipinski definition) is 2. The maximum atomic E-state index is 12.1. The highest BCUT2D eigenvalue weighted by Gasteiger charge is 2.11.